The van der Waals surface area contributed by atoms with E-state index in [4.69, 9.17) is 23.2 Å². The molecule has 8 heteroatoms. The number of nitrogens with zero attached hydrogens (tertiary/aromatic N) is 2. The first-order valence-corrected chi connectivity index (χ1v) is 16.4. The third kappa shape index (κ3) is 12.2. The van der Waals surface area contributed by atoms with Gasteiger partial charge in [-0.25, -0.2) is 0 Å². The average molecular weight is 765 g/mol. The van der Waals surface area contributed by atoms with Crippen molar-refractivity contribution in [1.29, 1.82) is 0 Å². The van der Waals surface area contributed by atoms with Crippen LogP contribution in [0.15, 0.2) is 72.8 Å². The SMILES string of the molecule is C[C@@H](c1[c-]ccc2ccccc12)N(C)C.C[C@@H](c1[c-]ccc2ccccc12)N(C)C.ClCCl.[Cl][Pd+].[Cl][Pd+]. The molecule has 4 aromatic carbocycles. The Hall–Kier alpha value is -0.195. The molecular weight excluding hydrogens is 731 g/mol. The van der Waals surface area contributed by atoms with Gasteiger partial charge in [-0.15, -0.1) is 68.0 Å². The van der Waals surface area contributed by atoms with Gasteiger partial charge in [-0.3, -0.25) is 0 Å². The molecule has 0 saturated carbocycles. The van der Waals surface area contributed by atoms with Gasteiger partial charge in [0.15, 0.2) is 0 Å². The van der Waals surface area contributed by atoms with Crippen molar-refractivity contribution < 1.29 is 36.4 Å². The Kier molecular flexibility index (Phi) is 21.5. The quantitative estimate of drug-likeness (QED) is 0.116. The molecule has 0 amide bonds. The maximum atomic E-state index is 4.76. The first-order chi connectivity index (χ1) is 17.8. The molecule has 0 N–H and O–H groups in total. The Bertz CT molecular complexity index is 1040. The van der Waals surface area contributed by atoms with Gasteiger partial charge in [0.2, 0.25) is 0 Å². The van der Waals surface area contributed by atoms with Gasteiger partial charge in [0.1, 0.15) is 0 Å². The molecule has 0 spiro atoms. The topological polar surface area (TPSA) is 6.48 Å². The van der Waals surface area contributed by atoms with E-state index in [0.717, 1.165) is 0 Å². The predicted molar refractivity (Wildman–Crippen MR) is 158 cm³/mol. The molecule has 208 valence electrons. The van der Waals surface area contributed by atoms with Crippen molar-refractivity contribution in [3.63, 3.8) is 0 Å². The standard InChI is InChI=1S/2C14H16N.CH2Cl2.2ClH.2Pd/c2*1-11(15(2)3)13-10-6-8-12-7-4-5-9-14(12)13;2-1-3;;;;/h2*4-9,11H,1-3H3;1H2;2*1H;;/q2*-1;;;;2*+2/p-2/t2*11-;;;;;/m00...../s1. The van der Waals surface area contributed by atoms with Crippen LogP contribution in [0.4, 0.5) is 0 Å². The zero-order valence-electron chi connectivity index (χ0n) is 21.8. The molecule has 0 saturated heterocycles. The third-order valence-corrected chi connectivity index (χ3v) is 5.89. The van der Waals surface area contributed by atoms with Crippen molar-refractivity contribution in [3.8, 4) is 0 Å². The summed E-state index contributed by atoms with van der Waals surface area (Å²) in [5.74, 6) is 0. The van der Waals surface area contributed by atoms with Crippen molar-refractivity contribution in [3.05, 3.63) is 96.1 Å². The minimum atomic E-state index is 0.194. The molecule has 4 aromatic rings. The summed E-state index contributed by atoms with van der Waals surface area (Å²) >= 11 is 14.0. The second kappa shape index (κ2) is 21.6. The van der Waals surface area contributed by atoms with Gasteiger partial charge in [0.05, 0.1) is 5.34 Å². The molecule has 4 rings (SSSR count). The maximum absolute atomic E-state index is 4.76. The summed E-state index contributed by atoms with van der Waals surface area (Å²) in [5, 5.41) is 5.39. The number of hydrogen-bond donors (Lipinski definition) is 0. The Labute approximate surface area is 263 Å². The summed E-state index contributed by atoms with van der Waals surface area (Å²) in [7, 11) is 17.4. The van der Waals surface area contributed by atoms with Gasteiger partial charge in [0, 0.05) is 12.1 Å². The van der Waals surface area contributed by atoms with Crippen LogP contribution in [0.2, 0.25) is 0 Å². The molecular formula is C29H34Cl4N2Pd2. The Balaban J connectivity index is 0.000000565. The molecule has 0 heterocycles. The molecule has 2 nitrogen and oxygen atoms in total. The van der Waals surface area contributed by atoms with E-state index in [1.807, 2.05) is 12.1 Å². The zero-order valence-corrected chi connectivity index (χ0v) is 28.0. The van der Waals surface area contributed by atoms with Crippen molar-refractivity contribution >= 4 is 63.8 Å². The van der Waals surface area contributed by atoms with Crippen molar-refractivity contribution in [2.45, 2.75) is 25.9 Å². The van der Waals surface area contributed by atoms with Crippen LogP contribution < -0.4 is 0 Å². The second-order valence-electron chi connectivity index (χ2n) is 8.34. The molecule has 0 unspecified atom stereocenters. The number of alkyl halides is 2. The van der Waals surface area contributed by atoms with Crippen LogP contribution in [-0.2, 0) is 36.4 Å². The van der Waals surface area contributed by atoms with Gasteiger partial charge in [-0.2, -0.15) is 36.4 Å². The molecule has 0 aliphatic carbocycles. The van der Waals surface area contributed by atoms with E-state index in [2.05, 4.69) is 180 Å². The van der Waals surface area contributed by atoms with Gasteiger partial charge in [0.25, 0.3) is 0 Å². The molecule has 37 heavy (non-hydrogen) atoms. The summed E-state index contributed by atoms with van der Waals surface area (Å²) in [6, 6.07) is 32.7. The van der Waals surface area contributed by atoms with Crippen molar-refractivity contribution in [2.24, 2.45) is 0 Å². The van der Waals surface area contributed by atoms with Crippen LogP contribution in [0.3, 0.4) is 0 Å². The van der Waals surface area contributed by atoms with E-state index in [-0.39, 0.29) is 5.34 Å². The number of fused-ring (bicyclic) bond motifs is 2. The van der Waals surface area contributed by atoms with Crippen LogP contribution in [0, 0.1) is 12.1 Å². The van der Waals surface area contributed by atoms with E-state index in [0.29, 0.717) is 12.1 Å². The van der Waals surface area contributed by atoms with Crippen LogP contribution >= 0.6 is 42.3 Å². The first-order valence-electron chi connectivity index (χ1n) is 11.3. The first kappa shape index (κ1) is 36.8. The molecule has 0 aliphatic rings. The Morgan fingerprint density at radius 2 is 0.919 bits per heavy atom. The number of rotatable bonds is 4. The Morgan fingerprint density at radius 3 is 1.22 bits per heavy atom. The van der Waals surface area contributed by atoms with E-state index in [9.17, 15) is 0 Å². The van der Waals surface area contributed by atoms with Gasteiger partial charge >= 0.3 is 55.4 Å². The van der Waals surface area contributed by atoms with Crippen molar-refractivity contribution in [2.75, 3.05) is 33.5 Å². The molecule has 0 aromatic heterocycles. The van der Waals surface area contributed by atoms with E-state index >= 15 is 0 Å². The van der Waals surface area contributed by atoms with Crippen LogP contribution in [0.5, 0.6) is 0 Å². The summed E-state index contributed by atoms with van der Waals surface area (Å²) in [6.07, 6.45) is 0. The molecule has 0 aliphatic heterocycles. The zero-order chi connectivity index (χ0) is 28.4. The summed E-state index contributed by atoms with van der Waals surface area (Å²) < 4.78 is 0. The fraction of sp³-hybridized carbons (Fsp3) is 0.310. The van der Waals surface area contributed by atoms with E-state index in [1.54, 1.807) is 0 Å². The molecule has 0 fully saturated rings. The van der Waals surface area contributed by atoms with Crippen molar-refractivity contribution in [1.82, 2.24) is 9.80 Å². The molecule has 2 atom stereocenters. The summed E-state index contributed by atoms with van der Waals surface area (Å²) in [5.41, 5.74) is 2.55. The van der Waals surface area contributed by atoms with Crippen LogP contribution in [0.25, 0.3) is 21.5 Å². The van der Waals surface area contributed by atoms with Crippen LogP contribution in [0.1, 0.15) is 37.1 Å². The fourth-order valence-electron chi connectivity index (χ4n) is 3.58. The normalized spacial score (nSPS) is 11.7. The summed E-state index contributed by atoms with van der Waals surface area (Å²) in [6.45, 7) is 4.41. The Morgan fingerprint density at radius 1 is 0.622 bits per heavy atom. The third-order valence-electron chi connectivity index (χ3n) is 5.89. The van der Waals surface area contributed by atoms with Gasteiger partial charge in [-0.05, 0) is 42.0 Å². The second-order valence-corrected chi connectivity index (χ2v) is 9.15. The average Bonchev–Trinajstić information content (AvgIpc) is 2.94. The van der Waals surface area contributed by atoms with Crippen LogP contribution in [-0.4, -0.2) is 43.3 Å². The van der Waals surface area contributed by atoms with E-state index < -0.39 is 0 Å². The molecule has 0 radical (unpaired) electrons. The van der Waals surface area contributed by atoms with Gasteiger partial charge < -0.3 is 9.80 Å². The fourth-order valence-corrected chi connectivity index (χ4v) is 3.58. The summed E-state index contributed by atoms with van der Waals surface area (Å²) in [4.78, 5) is 4.41. The number of benzene rings is 4. The monoisotopic (exact) mass is 762 g/mol. The van der Waals surface area contributed by atoms with E-state index in [1.165, 1.54) is 32.7 Å². The minimum absolute atomic E-state index is 0.194. The molecule has 0 bridgehead atoms. The number of halogens is 4. The number of hydrogen-bond acceptors (Lipinski definition) is 2. The predicted octanol–water partition coefficient (Wildman–Crippen LogP) is 9.32. The van der Waals surface area contributed by atoms with Gasteiger partial charge in [-0.1, -0.05) is 36.4 Å².